The summed E-state index contributed by atoms with van der Waals surface area (Å²) in [4.78, 5) is 17.2. The number of hydrogen-bond acceptors (Lipinski definition) is 4. The molecular weight excluding hydrogens is 328 g/mol. The van der Waals surface area contributed by atoms with Gasteiger partial charge in [-0.3, -0.25) is 9.78 Å². The molecule has 3 heterocycles. The third-order valence-electron chi connectivity index (χ3n) is 4.25. The second-order valence-corrected chi connectivity index (χ2v) is 6.14. The van der Waals surface area contributed by atoms with Crippen LogP contribution in [0.3, 0.4) is 0 Å². The Morgan fingerprint density at radius 1 is 1.08 bits per heavy atom. The summed E-state index contributed by atoms with van der Waals surface area (Å²) in [6.45, 7) is 2.30. The van der Waals surface area contributed by atoms with Crippen LogP contribution in [0.2, 0.25) is 0 Å². The third kappa shape index (κ3) is 2.93. The van der Waals surface area contributed by atoms with Gasteiger partial charge in [0.15, 0.2) is 12.4 Å². The molecule has 0 aliphatic rings. The van der Waals surface area contributed by atoms with Crippen molar-refractivity contribution in [2.45, 2.75) is 13.5 Å². The minimum atomic E-state index is -0.206. The van der Waals surface area contributed by atoms with E-state index in [2.05, 4.69) is 10.1 Å². The number of aryl methyl sites for hydroxylation is 1. The van der Waals surface area contributed by atoms with Crippen LogP contribution in [0.5, 0.6) is 0 Å². The number of nitrogens with zero attached hydrogens (tertiary/aromatic N) is 4. The first kappa shape index (κ1) is 16.0. The van der Waals surface area contributed by atoms with Gasteiger partial charge in [0.1, 0.15) is 11.2 Å². The Morgan fingerprint density at radius 2 is 1.81 bits per heavy atom. The van der Waals surface area contributed by atoms with Gasteiger partial charge in [-0.15, -0.1) is 0 Å². The van der Waals surface area contributed by atoms with Crippen LogP contribution in [0.25, 0.3) is 22.2 Å². The molecular formula is C20H16N4O2. The van der Waals surface area contributed by atoms with E-state index in [0.717, 1.165) is 16.7 Å². The maximum atomic E-state index is 12.8. The third-order valence-corrected chi connectivity index (χ3v) is 4.25. The second-order valence-electron chi connectivity index (χ2n) is 6.14. The van der Waals surface area contributed by atoms with Crippen molar-refractivity contribution in [3.63, 3.8) is 0 Å². The first-order chi connectivity index (χ1) is 12.6. The fraction of sp³-hybridized carbons (Fsp3) is 0.100. The molecule has 0 aliphatic carbocycles. The summed E-state index contributed by atoms with van der Waals surface area (Å²) in [7, 11) is 0. The highest BCUT2D eigenvalue weighted by Gasteiger charge is 2.13. The monoisotopic (exact) mass is 344 g/mol. The van der Waals surface area contributed by atoms with E-state index in [4.69, 9.17) is 0 Å². The van der Waals surface area contributed by atoms with Crippen molar-refractivity contribution in [3.05, 3.63) is 93.8 Å². The molecule has 0 saturated carbocycles. The Morgan fingerprint density at radius 3 is 2.54 bits per heavy atom. The van der Waals surface area contributed by atoms with Gasteiger partial charge in [0, 0.05) is 23.9 Å². The Balaban J connectivity index is 1.90. The van der Waals surface area contributed by atoms with Crippen molar-refractivity contribution in [1.82, 2.24) is 14.8 Å². The van der Waals surface area contributed by atoms with E-state index in [0.29, 0.717) is 21.3 Å². The van der Waals surface area contributed by atoms with Gasteiger partial charge in [-0.1, -0.05) is 29.8 Å². The van der Waals surface area contributed by atoms with Gasteiger partial charge in [-0.2, -0.15) is 9.83 Å². The quantitative estimate of drug-likeness (QED) is 0.423. The van der Waals surface area contributed by atoms with Crippen LogP contribution in [0.15, 0.2) is 71.9 Å². The summed E-state index contributed by atoms with van der Waals surface area (Å²) in [6, 6.07) is 14.8. The number of fused-ring (bicyclic) bond motifs is 1. The average Bonchev–Trinajstić information content (AvgIpc) is 2.67. The predicted octanol–water partition coefficient (Wildman–Crippen LogP) is 2.45. The molecule has 0 saturated heterocycles. The molecule has 1 aromatic carbocycles. The molecule has 6 heteroatoms. The van der Waals surface area contributed by atoms with Crippen LogP contribution in [0.4, 0.5) is 0 Å². The molecule has 4 rings (SSSR count). The normalized spacial score (nSPS) is 11.0. The Labute approximate surface area is 149 Å². The Hall–Kier alpha value is -3.54. The van der Waals surface area contributed by atoms with E-state index >= 15 is 0 Å². The Bertz CT molecular complexity index is 1130. The van der Waals surface area contributed by atoms with E-state index < -0.39 is 0 Å². The SMILES string of the molecule is Cc1ccc(-c2nn(Cc3cc[n+]([O-])cc3)c(=O)c3cccnc23)cc1. The predicted molar refractivity (Wildman–Crippen MR) is 98.5 cm³/mol. The molecule has 0 radical (unpaired) electrons. The molecule has 26 heavy (non-hydrogen) atoms. The standard InChI is InChI=1S/C20H16N4O2/c1-14-4-6-16(7-5-14)18-19-17(3-2-10-21-19)20(25)24(22-18)13-15-8-11-23(26)12-9-15/h2-12H,13H2,1H3. The maximum Gasteiger partial charge on any atom is 0.276 e. The lowest BCUT2D eigenvalue weighted by Crippen LogP contribution is -2.27. The van der Waals surface area contributed by atoms with Gasteiger partial charge >= 0.3 is 0 Å². The molecule has 6 nitrogen and oxygen atoms in total. The number of aromatic nitrogens is 4. The molecule has 0 N–H and O–H groups in total. The van der Waals surface area contributed by atoms with Crippen molar-refractivity contribution in [1.29, 1.82) is 0 Å². The molecule has 3 aromatic heterocycles. The fourth-order valence-corrected chi connectivity index (χ4v) is 2.85. The molecule has 0 fully saturated rings. The summed E-state index contributed by atoms with van der Waals surface area (Å²) in [6.07, 6.45) is 4.48. The zero-order valence-corrected chi connectivity index (χ0v) is 14.2. The van der Waals surface area contributed by atoms with Crippen LogP contribution in [-0.4, -0.2) is 14.8 Å². The van der Waals surface area contributed by atoms with Crippen LogP contribution in [0, 0.1) is 12.1 Å². The van der Waals surface area contributed by atoms with Gasteiger partial charge in [0.25, 0.3) is 5.56 Å². The smallest absolute Gasteiger partial charge is 0.276 e. The fourth-order valence-electron chi connectivity index (χ4n) is 2.85. The van der Waals surface area contributed by atoms with Crippen LogP contribution in [0.1, 0.15) is 11.1 Å². The first-order valence-corrected chi connectivity index (χ1v) is 8.22. The lowest BCUT2D eigenvalue weighted by atomic mass is 10.1. The molecule has 0 unspecified atom stereocenters. The number of pyridine rings is 2. The highest BCUT2D eigenvalue weighted by molar-refractivity contribution is 5.90. The van der Waals surface area contributed by atoms with Gasteiger partial charge in [0.05, 0.1) is 11.9 Å². The van der Waals surface area contributed by atoms with Crippen molar-refractivity contribution in [2.75, 3.05) is 0 Å². The van der Waals surface area contributed by atoms with Gasteiger partial charge < -0.3 is 5.21 Å². The van der Waals surface area contributed by atoms with Gasteiger partial charge in [0.2, 0.25) is 0 Å². The van der Waals surface area contributed by atoms with Crippen molar-refractivity contribution in [2.24, 2.45) is 0 Å². The summed E-state index contributed by atoms with van der Waals surface area (Å²) in [5, 5.41) is 16.3. The maximum absolute atomic E-state index is 12.8. The summed E-state index contributed by atoms with van der Waals surface area (Å²) in [5.74, 6) is 0. The lowest BCUT2D eigenvalue weighted by Gasteiger charge is -2.11. The molecule has 0 spiro atoms. The highest BCUT2D eigenvalue weighted by atomic mass is 16.5. The van der Waals surface area contributed by atoms with Crippen LogP contribution < -0.4 is 10.3 Å². The zero-order chi connectivity index (χ0) is 18.1. The van der Waals surface area contributed by atoms with Crippen molar-refractivity contribution < 1.29 is 4.73 Å². The number of hydrogen-bond donors (Lipinski definition) is 0. The van der Waals surface area contributed by atoms with Crippen LogP contribution >= 0.6 is 0 Å². The average molecular weight is 344 g/mol. The summed E-state index contributed by atoms with van der Waals surface area (Å²) >= 11 is 0. The molecule has 0 bridgehead atoms. The minimum absolute atomic E-state index is 0.206. The molecule has 0 aliphatic heterocycles. The first-order valence-electron chi connectivity index (χ1n) is 8.22. The molecule has 128 valence electrons. The second kappa shape index (κ2) is 6.40. The minimum Gasteiger partial charge on any atom is -0.619 e. The van der Waals surface area contributed by atoms with Gasteiger partial charge in [-0.05, 0) is 24.6 Å². The Kier molecular flexibility index (Phi) is 3.93. The van der Waals surface area contributed by atoms with Crippen molar-refractivity contribution >= 4 is 10.9 Å². The van der Waals surface area contributed by atoms with E-state index in [1.54, 1.807) is 30.5 Å². The van der Waals surface area contributed by atoms with E-state index in [-0.39, 0.29) is 12.1 Å². The highest BCUT2D eigenvalue weighted by Crippen LogP contribution is 2.23. The van der Waals surface area contributed by atoms with E-state index in [9.17, 15) is 10.0 Å². The summed E-state index contributed by atoms with van der Waals surface area (Å²) < 4.78 is 2.13. The summed E-state index contributed by atoms with van der Waals surface area (Å²) in [5.41, 5.74) is 3.92. The number of rotatable bonds is 3. The lowest BCUT2D eigenvalue weighted by molar-refractivity contribution is -0.605. The molecule has 4 aromatic rings. The topological polar surface area (TPSA) is 74.7 Å². The van der Waals surface area contributed by atoms with Crippen LogP contribution in [-0.2, 0) is 6.54 Å². The van der Waals surface area contributed by atoms with Gasteiger partial charge in [-0.25, -0.2) is 4.68 Å². The van der Waals surface area contributed by atoms with Crippen molar-refractivity contribution in [3.8, 4) is 11.3 Å². The van der Waals surface area contributed by atoms with E-state index in [1.807, 2.05) is 31.2 Å². The largest absolute Gasteiger partial charge is 0.619 e. The zero-order valence-electron chi connectivity index (χ0n) is 14.2. The number of benzene rings is 1. The van der Waals surface area contributed by atoms with E-state index in [1.165, 1.54) is 17.1 Å². The molecule has 0 amide bonds. The molecule has 0 atom stereocenters.